The molecule has 114 valence electrons. The fraction of sp³-hybridized carbons (Fsp3) is 0.875. The van der Waals surface area contributed by atoms with Crippen molar-refractivity contribution >= 4 is 15.3 Å². The minimum Gasteiger partial charge on any atom is -0.336 e. The number of hydrogen-bond acceptors (Lipinski definition) is 1. The molecule has 0 radical (unpaired) electrons. The lowest BCUT2D eigenvalue weighted by Gasteiger charge is -2.48. The molecule has 1 nitrogen and oxygen atoms in total. The van der Waals surface area contributed by atoms with E-state index in [4.69, 9.17) is 0 Å². The second-order valence-electron chi connectivity index (χ2n) is 5.85. The summed E-state index contributed by atoms with van der Waals surface area (Å²) in [6.45, 7) is 18.0. The maximum atomic E-state index is 4.16. The van der Waals surface area contributed by atoms with Gasteiger partial charge in [-0.1, -0.05) is 70.4 Å². The van der Waals surface area contributed by atoms with Crippen LogP contribution in [0.25, 0.3) is 0 Å². The smallest absolute Gasteiger partial charge is 0.141 e. The zero-order chi connectivity index (χ0) is 14.9. The minimum absolute atomic E-state index is 1.17. The largest absolute Gasteiger partial charge is 0.336 e. The van der Waals surface area contributed by atoms with Crippen molar-refractivity contribution in [2.24, 2.45) is 0 Å². The summed E-state index contributed by atoms with van der Waals surface area (Å²) in [7, 11) is -2.61. The first-order valence-corrected chi connectivity index (χ1v) is 14.2. The van der Waals surface area contributed by atoms with Crippen molar-refractivity contribution in [3.63, 3.8) is 0 Å². The Kier molecular flexibility index (Phi) is 9.20. The molecule has 1 atom stereocenters. The van der Waals surface area contributed by atoms with E-state index in [-0.39, 0.29) is 0 Å². The first kappa shape index (κ1) is 19.1. The van der Waals surface area contributed by atoms with Gasteiger partial charge < -0.3 is 4.98 Å². The van der Waals surface area contributed by atoms with Gasteiger partial charge in [0.2, 0.25) is 0 Å². The van der Waals surface area contributed by atoms with Crippen LogP contribution in [0.2, 0.25) is 24.2 Å². The van der Waals surface area contributed by atoms with E-state index in [1.165, 1.54) is 43.6 Å². The third-order valence-electron chi connectivity index (χ3n) is 5.53. The Bertz CT molecular complexity index is 264. The Morgan fingerprint density at radius 3 is 1.79 bits per heavy atom. The number of allylic oxidation sites excluding steroid dienone is 2. The lowest BCUT2D eigenvalue weighted by molar-refractivity contribution is 0.755. The molecule has 0 rings (SSSR count). The molecule has 1 N–H and O–H groups in total. The van der Waals surface area contributed by atoms with Gasteiger partial charge in [0, 0.05) is 0 Å². The summed E-state index contributed by atoms with van der Waals surface area (Å²) in [5.41, 5.74) is 0. The van der Waals surface area contributed by atoms with E-state index >= 15 is 0 Å². The fourth-order valence-corrected chi connectivity index (χ4v) is 23.5. The maximum Gasteiger partial charge on any atom is 0.141 e. The molecule has 0 aliphatic carbocycles. The first-order valence-electron chi connectivity index (χ1n) is 8.42. The van der Waals surface area contributed by atoms with Gasteiger partial charge in [-0.3, -0.25) is 0 Å². The standard InChI is InChI=1S/C16H37NSi2/c1-8-14-15-17-19(13-6,16(7)9-2)18(10-3,11-4)12-5/h9,17H,8,10-15H2,1-7H3/b16-9+. The summed E-state index contributed by atoms with van der Waals surface area (Å²) < 4.78 is 0. The number of rotatable bonds is 10. The van der Waals surface area contributed by atoms with Gasteiger partial charge in [-0.05, 0) is 32.9 Å². The lowest BCUT2D eigenvalue weighted by atomic mass is 10.3. The Morgan fingerprint density at radius 1 is 0.947 bits per heavy atom. The highest BCUT2D eigenvalue weighted by atomic mass is 29.3. The van der Waals surface area contributed by atoms with Crippen molar-refractivity contribution in [2.45, 2.75) is 85.5 Å². The van der Waals surface area contributed by atoms with E-state index in [1.807, 2.05) is 0 Å². The summed E-state index contributed by atoms with van der Waals surface area (Å²) in [5, 5.41) is 1.73. The van der Waals surface area contributed by atoms with Gasteiger partial charge in [0.25, 0.3) is 0 Å². The SMILES string of the molecule is C/C=C(\C)[Si](CC)(NCCCC)[Si](CC)(CC)CC. The van der Waals surface area contributed by atoms with Crippen LogP contribution in [-0.4, -0.2) is 21.9 Å². The van der Waals surface area contributed by atoms with Gasteiger partial charge in [-0.2, -0.15) is 0 Å². The van der Waals surface area contributed by atoms with Crippen LogP contribution in [0, 0.1) is 0 Å². The third-order valence-corrected chi connectivity index (χ3v) is 26.3. The van der Waals surface area contributed by atoms with Gasteiger partial charge in [0.05, 0.1) is 7.59 Å². The highest BCUT2D eigenvalue weighted by molar-refractivity contribution is 7.44. The Balaban J connectivity index is 5.55. The normalized spacial score (nSPS) is 16.5. The van der Waals surface area contributed by atoms with E-state index in [1.54, 1.807) is 5.20 Å². The van der Waals surface area contributed by atoms with Crippen LogP contribution in [0.15, 0.2) is 11.3 Å². The lowest BCUT2D eigenvalue weighted by Crippen LogP contribution is -2.71. The summed E-state index contributed by atoms with van der Waals surface area (Å²) in [4.78, 5) is 4.16. The zero-order valence-electron chi connectivity index (χ0n) is 14.5. The highest BCUT2D eigenvalue weighted by Crippen LogP contribution is 2.36. The Labute approximate surface area is 124 Å². The molecule has 0 heterocycles. The van der Waals surface area contributed by atoms with Crippen LogP contribution in [0.1, 0.15) is 61.3 Å². The molecule has 0 aliphatic heterocycles. The van der Waals surface area contributed by atoms with Crippen LogP contribution < -0.4 is 4.98 Å². The predicted octanol–water partition coefficient (Wildman–Crippen LogP) is 5.43. The fourth-order valence-electron chi connectivity index (χ4n) is 3.90. The van der Waals surface area contributed by atoms with Crippen molar-refractivity contribution in [3.05, 3.63) is 11.3 Å². The van der Waals surface area contributed by atoms with E-state index in [2.05, 4.69) is 59.5 Å². The Hall–Kier alpha value is 0.134. The van der Waals surface area contributed by atoms with Crippen molar-refractivity contribution in [1.82, 2.24) is 4.98 Å². The molecule has 0 fully saturated rings. The van der Waals surface area contributed by atoms with Crippen LogP contribution in [-0.2, 0) is 0 Å². The molecule has 3 heteroatoms. The van der Waals surface area contributed by atoms with Crippen LogP contribution in [0.3, 0.4) is 0 Å². The van der Waals surface area contributed by atoms with E-state index < -0.39 is 15.3 Å². The molecule has 0 spiro atoms. The molecule has 0 bridgehead atoms. The molecule has 0 saturated heterocycles. The monoisotopic (exact) mass is 299 g/mol. The van der Waals surface area contributed by atoms with Gasteiger partial charge in [0.15, 0.2) is 0 Å². The molecule has 0 aromatic carbocycles. The van der Waals surface area contributed by atoms with Crippen molar-refractivity contribution < 1.29 is 0 Å². The zero-order valence-corrected chi connectivity index (χ0v) is 16.5. The molecular weight excluding hydrogens is 262 g/mol. The van der Waals surface area contributed by atoms with Crippen LogP contribution >= 0.6 is 0 Å². The second-order valence-corrected chi connectivity index (χ2v) is 19.9. The average Bonchev–Trinajstić information content (AvgIpc) is 2.46. The summed E-state index contributed by atoms with van der Waals surface area (Å²) in [6.07, 6.45) is 5.04. The molecule has 0 amide bonds. The number of hydrogen-bond donors (Lipinski definition) is 1. The first-order chi connectivity index (χ1) is 9.03. The van der Waals surface area contributed by atoms with E-state index in [0.717, 1.165) is 0 Å². The molecule has 0 aromatic heterocycles. The predicted molar refractivity (Wildman–Crippen MR) is 95.8 cm³/mol. The topological polar surface area (TPSA) is 12.0 Å². The molecule has 0 aromatic rings. The molecule has 0 aliphatic rings. The Morgan fingerprint density at radius 2 is 1.47 bits per heavy atom. The highest BCUT2D eigenvalue weighted by Gasteiger charge is 2.51. The van der Waals surface area contributed by atoms with Crippen molar-refractivity contribution in [1.29, 1.82) is 0 Å². The molecule has 19 heavy (non-hydrogen) atoms. The second kappa shape index (κ2) is 9.14. The number of unbranched alkanes of at least 4 members (excludes halogenated alkanes) is 1. The van der Waals surface area contributed by atoms with Gasteiger partial charge in [-0.15, -0.1) is 0 Å². The molecule has 0 saturated carbocycles. The maximum absolute atomic E-state index is 4.16. The summed E-state index contributed by atoms with van der Waals surface area (Å²) in [6, 6.07) is 5.73. The third kappa shape index (κ3) is 3.82. The number of nitrogens with one attached hydrogen (secondary N) is 1. The quantitative estimate of drug-likeness (QED) is 0.419. The summed E-state index contributed by atoms with van der Waals surface area (Å²) >= 11 is 0. The average molecular weight is 300 g/mol. The summed E-state index contributed by atoms with van der Waals surface area (Å²) in [5.74, 6) is 0. The van der Waals surface area contributed by atoms with Crippen LogP contribution in [0.5, 0.6) is 0 Å². The van der Waals surface area contributed by atoms with Gasteiger partial charge >= 0.3 is 0 Å². The molecular formula is C16H37NSi2. The van der Waals surface area contributed by atoms with Gasteiger partial charge in [0.1, 0.15) is 7.75 Å². The molecule has 1 unspecified atom stereocenters. The van der Waals surface area contributed by atoms with Crippen LogP contribution in [0.4, 0.5) is 0 Å². The van der Waals surface area contributed by atoms with E-state index in [9.17, 15) is 0 Å². The minimum atomic E-state index is -1.44. The van der Waals surface area contributed by atoms with Crippen molar-refractivity contribution in [3.8, 4) is 0 Å². The van der Waals surface area contributed by atoms with E-state index in [0.29, 0.717) is 0 Å². The van der Waals surface area contributed by atoms with Crippen molar-refractivity contribution in [2.75, 3.05) is 6.54 Å². The van der Waals surface area contributed by atoms with Gasteiger partial charge in [-0.25, -0.2) is 0 Å².